The molecule has 4 rings (SSSR count). The number of ether oxygens (including phenoxy) is 1. The Hall–Kier alpha value is -3.95. The van der Waals surface area contributed by atoms with Gasteiger partial charge in [0.25, 0.3) is 11.8 Å². The third kappa shape index (κ3) is 4.64. The first-order chi connectivity index (χ1) is 15.9. The van der Waals surface area contributed by atoms with Crippen LogP contribution >= 0.6 is 0 Å². The zero-order valence-electron chi connectivity index (χ0n) is 17.5. The number of nitrogens with zero attached hydrogens (tertiary/aromatic N) is 3. The monoisotopic (exact) mass is 456 g/mol. The highest BCUT2D eigenvalue weighted by atomic mass is 19.3. The van der Waals surface area contributed by atoms with Crippen molar-refractivity contribution in [3.63, 3.8) is 0 Å². The molecule has 0 saturated carbocycles. The maximum atomic E-state index is 14.2. The minimum Gasteiger partial charge on any atom is -0.435 e. The molecule has 170 valence electrons. The van der Waals surface area contributed by atoms with E-state index in [1.807, 2.05) is 0 Å². The van der Waals surface area contributed by atoms with Crippen molar-refractivity contribution in [1.29, 1.82) is 0 Å². The topological polar surface area (TPSA) is 84.4 Å². The van der Waals surface area contributed by atoms with Crippen LogP contribution in [0.15, 0.2) is 48.8 Å². The molecule has 2 amide bonds. The fourth-order valence-electron chi connectivity index (χ4n) is 3.69. The highest BCUT2D eigenvalue weighted by molar-refractivity contribution is 6.08. The Balaban J connectivity index is 1.69. The summed E-state index contributed by atoms with van der Waals surface area (Å²) >= 11 is 0. The van der Waals surface area contributed by atoms with Crippen molar-refractivity contribution in [3.8, 4) is 5.75 Å². The molecule has 1 aliphatic heterocycles. The number of halogens is 3. The van der Waals surface area contributed by atoms with Gasteiger partial charge in [0, 0.05) is 38.0 Å². The van der Waals surface area contributed by atoms with Crippen molar-refractivity contribution in [2.45, 2.75) is 19.5 Å². The number of amides is 2. The normalized spacial score (nSPS) is 13.1. The number of carbonyl (C=O) groups excluding carboxylic acids is 2. The van der Waals surface area contributed by atoms with Crippen LogP contribution < -0.4 is 15.0 Å². The van der Waals surface area contributed by atoms with Crippen LogP contribution in [0.25, 0.3) is 0 Å². The first kappa shape index (κ1) is 22.3. The van der Waals surface area contributed by atoms with Crippen LogP contribution in [-0.4, -0.2) is 42.0 Å². The molecule has 1 N–H and O–H groups in total. The van der Waals surface area contributed by atoms with Crippen molar-refractivity contribution < 1.29 is 27.5 Å². The summed E-state index contributed by atoms with van der Waals surface area (Å²) < 4.78 is 45.0. The minimum atomic E-state index is -3.05. The second-order valence-corrected chi connectivity index (χ2v) is 7.32. The summed E-state index contributed by atoms with van der Waals surface area (Å²) in [6.45, 7) is -2.90. The quantitative estimate of drug-likeness (QED) is 0.615. The predicted octanol–water partition coefficient (Wildman–Crippen LogP) is 3.37. The lowest BCUT2D eigenvalue weighted by molar-refractivity contribution is -0.0504. The summed E-state index contributed by atoms with van der Waals surface area (Å²) in [6, 6.07) is 8.70. The number of hydrogen-bond acceptors (Lipinski definition) is 5. The summed E-state index contributed by atoms with van der Waals surface area (Å²) in [4.78, 5) is 34.1. The maximum absolute atomic E-state index is 14.2. The number of alkyl halides is 2. The molecule has 2 aromatic heterocycles. The predicted molar refractivity (Wildman–Crippen MR) is 113 cm³/mol. The molecule has 0 radical (unpaired) electrons. The lowest BCUT2D eigenvalue weighted by atomic mass is 9.93. The summed E-state index contributed by atoms with van der Waals surface area (Å²) in [7, 11) is 1.48. The third-order valence-corrected chi connectivity index (χ3v) is 5.26. The molecule has 3 heterocycles. The Kier molecular flexibility index (Phi) is 6.25. The van der Waals surface area contributed by atoms with Gasteiger partial charge in [0.1, 0.15) is 11.4 Å². The standard InChI is InChI=1S/C23H19F3N4O3/c1-27-21(31)18-5-4-13(12-29-18)9-15-10-16-14(11-19(15)33-23(25)26)6-8-30(22(16)32)20-17(24)3-2-7-28-20/h2-5,7,10-12,23H,6,8-9H2,1H3,(H,27,31). The number of carbonyl (C=O) groups is 2. The van der Waals surface area contributed by atoms with Gasteiger partial charge < -0.3 is 10.1 Å². The maximum Gasteiger partial charge on any atom is 0.387 e. The Bertz CT molecular complexity index is 1200. The van der Waals surface area contributed by atoms with Crippen molar-refractivity contribution in [3.05, 3.63) is 82.6 Å². The largest absolute Gasteiger partial charge is 0.435 e. The second kappa shape index (κ2) is 9.27. The molecule has 0 fully saturated rings. The number of benzene rings is 1. The number of hydrogen-bond donors (Lipinski definition) is 1. The van der Waals surface area contributed by atoms with Crippen LogP contribution in [0.2, 0.25) is 0 Å². The molecule has 0 bridgehead atoms. The molecule has 1 aromatic carbocycles. The van der Waals surface area contributed by atoms with Crippen molar-refractivity contribution in [1.82, 2.24) is 15.3 Å². The average Bonchev–Trinajstić information content (AvgIpc) is 2.80. The molecule has 0 aliphatic carbocycles. The highest BCUT2D eigenvalue weighted by Gasteiger charge is 2.30. The lowest BCUT2D eigenvalue weighted by Gasteiger charge is -2.29. The van der Waals surface area contributed by atoms with Crippen molar-refractivity contribution in [2.75, 3.05) is 18.5 Å². The van der Waals surface area contributed by atoms with Gasteiger partial charge >= 0.3 is 6.61 Å². The number of pyridine rings is 2. The lowest BCUT2D eigenvalue weighted by Crippen LogP contribution is -2.39. The third-order valence-electron chi connectivity index (χ3n) is 5.26. The summed E-state index contributed by atoms with van der Waals surface area (Å²) in [6.07, 6.45) is 3.29. The molecule has 0 spiro atoms. The van der Waals surface area contributed by atoms with Gasteiger partial charge in [-0.3, -0.25) is 19.5 Å². The van der Waals surface area contributed by atoms with Crippen LogP contribution in [0.1, 0.15) is 37.5 Å². The number of nitrogens with one attached hydrogen (secondary N) is 1. The van der Waals surface area contributed by atoms with E-state index in [2.05, 4.69) is 15.3 Å². The van der Waals surface area contributed by atoms with Gasteiger partial charge in [-0.05, 0) is 53.4 Å². The van der Waals surface area contributed by atoms with Crippen LogP contribution in [-0.2, 0) is 12.8 Å². The first-order valence-corrected chi connectivity index (χ1v) is 10.1. The van der Waals surface area contributed by atoms with E-state index < -0.39 is 18.3 Å². The fourth-order valence-corrected chi connectivity index (χ4v) is 3.69. The van der Waals surface area contributed by atoms with Gasteiger partial charge in [-0.15, -0.1) is 0 Å². The summed E-state index contributed by atoms with van der Waals surface area (Å²) in [5, 5.41) is 2.46. The van der Waals surface area contributed by atoms with Gasteiger partial charge in [-0.25, -0.2) is 9.37 Å². The summed E-state index contributed by atoms with van der Waals surface area (Å²) in [5.74, 6) is -1.60. The van der Waals surface area contributed by atoms with E-state index in [-0.39, 0.29) is 41.7 Å². The van der Waals surface area contributed by atoms with E-state index in [0.717, 1.165) is 0 Å². The molecule has 0 unspecified atom stereocenters. The molecule has 0 atom stereocenters. The SMILES string of the molecule is CNC(=O)c1ccc(Cc2cc3c(cc2OC(F)F)CCN(c2ncccc2F)C3=O)cn1. The smallest absolute Gasteiger partial charge is 0.387 e. The molecular formula is C23H19F3N4O3. The van der Waals surface area contributed by atoms with Crippen LogP contribution in [0, 0.1) is 5.82 Å². The Morgan fingerprint density at radius 3 is 2.73 bits per heavy atom. The fraction of sp³-hybridized carbons (Fsp3) is 0.217. The second-order valence-electron chi connectivity index (χ2n) is 7.32. The number of anilines is 1. The average molecular weight is 456 g/mol. The summed E-state index contributed by atoms with van der Waals surface area (Å²) in [5.41, 5.74) is 1.95. The van der Waals surface area contributed by atoms with E-state index in [1.54, 1.807) is 6.07 Å². The van der Waals surface area contributed by atoms with Gasteiger partial charge in [0.05, 0.1) is 0 Å². The Labute approximate surface area is 187 Å². The zero-order chi connectivity index (χ0) is 23.5. The zero-order valence-corrected chi connectivity index (χ0v) is 17.5. The molecule has 0 saturated heterocycles. The van der Waals surface area contributed by atoms with E-state index in [1.165, 1.54) is 54.7 Å². The van der Waals surface area contributed by atoms with Crippen LogP contribution in [0.4, 0.5) is 19.0 Å². The van der Waals surface area contributed by atoms with Crippen molar-refractivity contribution in [2.24, 2.45) is 0 Å². The van der Waals surface area contributed by atoms with Gasteiger partial charge in [0.15, 0.2) is 11.6 Å². The molecule has 33 heavy (non-hydrogen) atoms. The van der Waals surface area contributed by atoms with Gasteiger partial charge in [-0.2, -0.15) is 8.78 Å². The van der Waals surface area contributed by atoms with Crippen molar-refractivity contribution >= 4 is 17.6 Å². The molecular weight excluding hydrogens is 437 g/mol. The van der Waals surface area contributed by atoms with E-state index >= 15 is 0 Å². The number of aromatic nitrogens is 2. The molecule has 7 nitrogen and oxygen atoms in total. The van der Waals surface area contributed by atoms with Crippen LogP contribution in [0.3, 0.4) is 0 Å². The highest BCUT2D eigenvalue weighted by Crippen LogP contribution is 2.32. The Morgan fingerprint density at radius 1 is 1.24 bits per heavy atom. The number of fused-ring (bicyclic) bond motifs is 1. The van der Waals surface area contributed by atoms with E-state index in [9.17, 15) is 22.8 Å². The van der Waals surface area contributed by atoms with Crippen LogP contribution in [0.5, 0.6) is 5.75 Å². The van der Waals surface area contributed by atoms with Gasteiger partial charge in [0.2, 0.25) is 0 Å². The number of rotatable bonds is 6. The molecule has 3 aromatic rings. The first-order valence-electron chi connectivity index (χ1n) is 10.1. The molecule has 1 aliphatic rings. The minimum absolute atomic E-state index is 0.0515. The van der Waals surface area contributed by atoms with Gasteiger partial charge in [-0.1, -0.05) is 6.07 Å². The Morgan fingerprint density at radius 2 is 2.06 bits per heavy atom. The molecule has 10 heteroatoms. The van der Waals surface area contributed by atoms with E-state index in [4.69, 9.17) is 4.74 Å². The van der Waals surface area contributed by atoms with E-state index in [0.29, 0.717) is 23.1 Å².